The number of aromatic nitrogens is 1. The Morgan fingerprint density at radius 3 is 1.17 bits per heavy atom. The van der Waals surface area contributed by atoms with Crippen molar-refractivity contribution >= 4 is 361 Å². The first kappa shape index (κ1) is 74.6. The van der Waals surface area contributed by atoms with Crippen molar-refractivity contribution in [2.75, 3.05) is 0 Å². The van der Waals surface area contributed by atoms with Gasteiger partial charge in [0, 0.05) is 221 Å². The van der Waals surface area contributed by atoms with Crippen molar-refractivity contribution in [3.8, 4) is 16.8 Å². The molecule has 0 N–H and O–H groups in total. The van der Waals surface area contributed by atoms with Gasteiger partial charge in [0.25, 0.3) is 0 Å². The van der Waals surface area contributed by atoms with Crippen LogP contribution in [0, 0.1) is 0 Å². The minimum atomic E-state index is -0.0663. The third-order valence-corrected chi connectivity index (χ3v) is 37.4. The first-order valence-corrected chi connectivity index (χ1v) is 51.2. The Morgan fingerprint density at radius 2 is 0.591 bits per heavy atom. The van der Waals surface area contributed by atoms with Gasteiger partial charge in [-0.15, -0.1) is 90.7 Å². The van der Waals surface area contributed by atoms with Crippen LogP contribution in [0.1, 0.15) is 25.0 Å². The molecule has 11 aromatic heterocycles. The smallest absolute Gasteiger partial charge is 0.136 e. The molecule has 0 aliphatic heterocycles. The van der Waals surface area contributed by atoms with Gasteiger partial charge in [-0.1, -0.05) is 232 Å². The fraction of sp³-hybridized carbons (Fsp3) is 0.0248. The zero-order chi connectivity index (χ0) is 86.2. The van der Waals surface area contributed by atoms with Crippen LogP contribution in [-0.2, 0) is 5.41 Å². The van der Waals surface area contributed by atoms with E-state index in [2.05, 4.69) is 376 Å². The molecule has 0 saturated carbocycles. The Balaban J connectivity index is 0.0000000849. The van der Waals surface area contributed by atoms with Crippen molar-refractivity contribution in [1.82, 2.24) is 4.57 Å². The average Bonchev–Trinajstić information content (AvgIpc) is 1.53. The number of fused-ring (bicyclic) bond motifs is 49. The molecule has 0 radical (unpaired) electrons. The van der Waals surface area contributed by atoms with Gasteiger partial charge in [0.2, 0.25) is 0 Å². The summed E-state index contributed by atoms with van der Waals surface area (Å²) in [6.45, 7) is 4.80. The molecule has 0 bridgehead atoms. The van der Waals surface area contributed by atoms with Crippen LogP contribution < -0.4 is 0 Å². The van der Waals surface area contributed by atoms with E-state index < -0.39 is 0 Å². The molecule has 0 atom stereocenters. The molecular formula is C121H67NO2S8. The van der Waals surface area contributed by atoms with Crippen LogP contribution >= 0.6 is 90.7 Å². The monoisotopic (exact) mass is 1820 g/mol. The summed E-state index contributed by atoms with van der Waals surface area (Å²) >= 11 is 15.2. The van der Waals surface area contributed by atoms with Crippen LogP contribution in [-0.4, -0.2) is 4.57 Å². The summed E-state index contributed by atoms with van der Waals surface area (Å²) in [6.07, 6.45) is 0. The van der Waals surface area contributed by atoms with Crippen molar-refractivity contribution < 1.29 is 8.83 Å². The number of thiophene rings is 8. The Kier molecular flexibility index (Phi) is 15.8. The summed E-state index contributed by atoms with van der Waals surface area (Å²) in [5, 5.41) is 40.3. The predicted molar refractivity (Wildman–Crippen MR) is 585 cm³/mol. The lowest BCUT2D eigenvalue weighted by molar-refractivity contribution is 0.662. The van der Waals surface area contributed by atoms with Crippen LogP contribution in [0.2, 0.25) is 0 Å². The third kappa shape index (κ3) is 10.6. The van der Waals surface area contributed by atoms with E-state index in [-0.39, 0.29) is 5.41 Å². The molecule has 3 nitrogen and oxygen atoms in total. The molecule has 132 heavy (non-hydrogen) atoms. The summed E-state index contributed by atoms with van der Waals surface area (Å²) in [5.74, 6) is 0. The number of benzene rings is 21. The zero-order valence-corrected chi connectivity index (χ0v) is 77.3. The minimum Gasteiger partial charge on any atom is -0.456 e. The summed E-state index contributed by atoms with van der Waals surface area (Å²) in [6, 6.07) is 136. The lowest BCUT2D eigenvalue weighted by atomic mass is 9.82. The molecule has 1 aliphatic rings. The number of hydrogen-bond donors (Lipinski definition) is 0. The molecule has 0 unspecified atom stereocenters. The Bertz CT molecular complexity index is 10300. The second kappa shape index (κ2) is 27.9. The molecule has 11 heterocycles. The van der Waals surface area contributed by atoms with E-state index in [1.54, 1.807) is 0 Å². The molecule has 0 amide bonds. The first-order chi connectivity index (χ1) is 65.2. The maximum Gasteiger partial charge on any atom is 0.136 e. The lowest BCUT2D eigenvalue weighted by Crippen LogP contribution is -2.14. The Labute approximate surface area is 784 Å². The highest BCUT2D eigenvalue weighted by Crippen LogP contribution is 2.58. The van der Waals surface area contributed by atoms with Gasteiger partial charge in [-0.25, -0.2) is 0 Å². The highest BCUT2D eigenvalue weighted by molar-refractivity contribution is 7.30. The number of nitrogens with zero attached hydrogens (tertiary/aromatic N) is 1. The molecule has 1 aliphatic carbocycles. The largest absolute Gasteiger partial charge is 0.456 e. The Morgan fingerprint density at radius 1 is 0.197 bits per heavy atom. The summed E-state index contributed by atoms with van der Waals surface area (Å²) in [4.78, 5) is 0. The molecule has 616 valence electrons. The van der Waals surface area contributed by atoms with Gasteiger partial charge in [0.15, 0.2) is 0 Å². The van der Waals surface area contributed by atoms with Crippen molar-refractivity contribution in [3.63, 3.8) is 0 Å². The normalized spacial score (nSPS) is 13.0. The molecular weight excluding hydrogens is 1760 g/mol. The van der Waals surface area contributed by atoms with Crippen LogP contribution in [0.4, 0.5) is 0 Å². The second-order valence-electron chi connectivity index (χ2n) is 35.7. The SMILES string of the molecule is CC1(C)c2cc3sc4ccccc4c3cc2-c2c1ccc1ccc3c(c4ccccc4n3-c3ccccc3)c21.c1ccc2c(c1)oc1cc3sc4ccc5ccc6sc7ccccc7c6c5c4c3cc12.c1ccc2c(c1)oc1ccc3c(sc4ccc5ccc6sc7ccccc7c6c5c43)c12.c1ccc2c(c1)sc1cc3sc4ccc5ccc6sc7ccccc7c6c5c4c3cc12. The molecule has 0 spiro atoms. The maximum atomic E-state index is 6.17. The van der Waals surface area contributed by atoms with Crippen molar-refractivity contribution in [1.29, 1.82) is 0 Å². The highest BCUT2D eigenvalue weighted by Gasteiger charge is 2.38. The van der Waals surface area contributed by atoms with E-state index in [1.165, 1.54) is 276 Å². The highest BCUT2D eigenvalue weighted by atomic mass is 32.1. The second-order valence-corrected chi connectivity index (χ2v) is 44.3. The standard InChI is InChI=1S/C37H25NS.2C28H14OS2.C28H14S3/c1-37(2)28-18-16-22-17-19-31-36(25-13-6-8-14-30(25)38(31)23-10-4-3-5-11-23)34(22)35(28)27-20-26-24-12-7-9-15-32(24)39-33(26)21-29(27)37;1-3-7-19-16(5-1)25-20(29-19)12-11-18-27-23(31-28(18)25)14-10-15-9-13-22-26(24(15)27)17-6-2-4-8-21(17)30-22;1-3-7-20-16(5-1)18-13-19-25(14-21(18)29-20)31-24-12-10-15-9-11-23-27(26(15)28(19)24)17-6-2-4-8-22(17)30-23;1-3-7-20-16(5-1)18-13-19-25(14-24(18)30-20)31-23-12-10-15-9-11-22-27(26(15)28(19)23)17-6-2-4-8-21(17)29-22/h3-21H,1-2H3;3*1-14H. The van der Waals surface area contributed by atoms with E-state index >= 15 is 0 Å². The van der Waals surface area contributed by atoms with E-state index in [1.807, 2.05) is 103 Å². The Hall–Kier alpha value is -14.2. The molecule has 33 rings (SSSR count). The molecule has 0 fully saturated rings. The van der Waals surface area contributed by atoms with Crippen LogP contribution in [0.5, 0.6) is 0 Å². The summed E-state index contributed by atoms with van der Waals surface area (Å²) < 4.78 is 36.5. The van der Waals surface area contributed by atoms with Gasteiger partial charge < -0.3 is 13.4 Å². The number of hydrogen-bond acceptors (Lipinski definition) is 10. The van der Waals surface area contributed by atoms with Crippen LogP contribution in [0.15, 0.2) is 379 Å². The van der Waals surface area contributed by atoms with Crippen LogP contribution in [0.3, 0.4) is 0 Å². The van der Waals surface area contributed by atoms with Crippen molar-refractivity contribution in [2.45, 2.75) is 19.3 Å². The third-order valence-electron chi connectivity index (χ3n) is 28.3. The molecule has 0 saturated heterocycles. The van der Waals surface area contributed by atoms with Gasteiger partial charge in [0.05, 0.1) is 11.0 Å². The zero-order valence-electron chi connectivity index (χ0n) is 70.7. The van der Waals surface area contributed by atoms with Gasteiger partial charge in [0.1, 0.15) is 22.3 Å². The number of para-hydroxylation sites is 4. The van der Waals surface area contributed by atoms with E-state index in [0.717, 1.165) is 22.3 Å². The van der Waals surface area contributed by atoms with Gasteiger partial charge in [-0.2, -0.15) is 0 Å². The number of furan rings is 2. The van der Waals surface area contributed by atoms with Crippen molar-refractivity contribution in [2.24, 2.45) is 0 Å². The maximum absolute atomic E-state index is 6.17. The minimum absolute atomic E-state index is 0.0663. The van der Waals surface area contributed by atoms with Gasteiger partial charge >= 0.3 is 0 Å². The summed E-state index contributed by atoms with van der Waals surface area (Å²) in [5.41, 5.74) is 13.2. The molecule has 11 heteroatoms. The molecule has 32 aromatic rings. The van der Waals surface area contributed by atoms with E-state index in [9.17, 15) is 0 Å². The lowest BCUT2D eigenvalue weighted by Gasteiger charge is -2.21. The summed E-state index contributed by atoms with van der Waals surface area (Å²) in [7, 11) is 0. The van der Waals surface area contributed by atoms with Crippen LogP contribution in [0.25, 0.3) is 287 Å². The predicted octanol–water partition coefficient (Wildman–Crippen LogP) is 39.5. The average molecular weight is 1820 g/mol. The van der Waals surface area contributed by atoms with Crippen molar-refractivity contribution in [3.05, 3.63) is 381 Å². The van der Waals surface area contributed by atoms with E-state index in [0.29, 0.717) is 0 Å². The van der Waals surface area contributed by atoms with E-state index in [4.69, 9.17) is 8.83 Å². The quantitative estimate of drug-likeness (QED) is 0.164. The van der Waals surface area contributed by atoms with Gasteiger partial charge in [-0.3, -0.25) is 0 Å². The fourth-order valence-electron chi connectivity index (χ4n) is 22.6. The number of rotatable bonds is 1. The first-order valence-electron chi connectivity index (χ1n) is 44.7. The topological polar surface area (TPSA) is 31.2 Å². The molecule has 21 aromatic carbocycles. The fourth-order valence-corrected chi connectivity index (χ4v) is 31.8. The van der Waals surface area contributed by atoms with Gasteiger partial charge in [-0.05, 0) is 201 Å².